The van der Waals surface area contributed by atoms with Gasteiger partial charge >= 0.3 is 0 Å². The van der Waals surface area contributed by atoms with Gasteiger partial charge in [0.15, 0.2) is 11.4 Å². The van der Waals surface area contributed by atoms with Crippen molar-refractivity contribution in [3.8, 4) is 11.5 Å². The first-order valence-corrected chi connectivity index (χ1v) is 11.0. The monoisotopic (exact) mass is 461 g/mol. The predicted octanol–water partition coefficient (Wildman–Crippen LogP) is 3.40. The molecule has 0 fully saturated rings. The van der Waals surface area contributed by atoms with Gasteiger partial charge in [-0.1, -0.05) is 30.3 Å². The van der Waals surface area contributed by atoms with Crippen LogP contribution in [-0.2, 0) is 0 Å². The predicted molar refractivity (Wildman–Crippen MR) is 125 cm³/mol. The molecule has 0 spiro atoms. The van der Waals surface area contributed by atoms with E-state index in [1.54, 1.807) is 30.0 Å². The van der Waals surface area contributed by atoms with E-state index >= 15 is 0 Å². The first kappa shape index (κ1) is 21.8. The normalized spacial score (nSPS) is 18.4. The average molecular weight is 461 g/mol. The van der Waals surface area contributed by atoms with Crippen molar-refractivity contribution in [2.45, 2.75) is 19.9 Å². The topological polar surface area (TPSA) is 75.0 Å². The molecule has 2 aliphatic heterocycles. The lowest BCUT2D eigenvalue weighted by Crippen LogP contribution is -2.55. The Morgan fingerprint density at radius 3 is 2.62 bits per heavy atom. The van der Waals surface area contributed by atoms with Crippen molar-refractivity contribution in [2.24, 2.45) is 0 Å². The van der Waals surface area contributed by atoms with Gasteiger partial charge in [0.1, 0.15) is 30.9 Å². The maximum atomic E-state index is 14.6. The summed E-state index contributed by atoms with van der Waals surface area (Å²) in [7, 11) is 0. The van der Waals surface area contributed by atoms with Crippen LogP contribution in [0.5, 0.6) is 11.5 Å². The largest absolute Gasteiger partial charge is 0.502 e. The van der Waals surface area contributed by atoms with E-state index < -0.39 is 23.1 Å². The zero-order valence-electron chi connectivity index (χ0n) is 18.9. The molecule has 5 rings (SSSR count). The molecule has 7 nitrogen and oxygen atoms in total. The Balaban J connectivity index is 1.85. The van der Waals surface area contributed by atoms with Crippen molar-refractivity contribution >= 4 is 5.91 Å². The number of aromatic nitrogens is 1. The maximum Gasteiger partial charge on any atom is 0.278 e. The van der Waals surface area contributed by atoms with Crippen molar-refractivity contribution in [3.05, 3.63) is 105 Å². The molecule has 1 N–H and O–H groups in total. The van der Waals surface area contributed by atoms with Crippen LogP contribution in [0.2, 0.25) is 0 Å². The second kappa shape index (κ2) is 8.37. The highest BCUT2D eigenvalue weighted by molar-refractivity contribution is 5.96. The minimum atomic E-state index is -0.629. The molecule has 34 heavy (non-hydrogen) atoms. The van der Waals surface area contributed by atoms with Crippen molar-refractivity contribution in [3.63, 3.8) is 0 Å². The smallest absolute Gasteiger partial charge is 0.278 e. The lowest BCUT2D eigenvalue weighted by Gasteiger charge is -2.44. The minimum absolute atomic E-state index is 0.105. The fourth-order valence-electron chi connectivity index (χ4n) is 4.61. The summed E-state index contributed by atoms with van der Waals surface area (Å²) >= 11 is 0. The van der Waals surface area contributed by atoms with E-state index in [2.05, 4.69) is 0 Å². The second-order valence-corrected chi connectivity index (χ2v) is 8.46. The van der Waals surface area contributed by atoms with Crippen molar-refractivity contribution in [2.75, 3.05) is 24.8 Å². The van der Waals surface area contributed by atoms with E-state index in [0.29, 0.717) is 16.9 Å². The van der Waals surface area contributed by atoms with Gasteiger partial charge in [0.05, 0.1) is 0 Å². The number of nitrogens with zero attached hydrogens (tertiary/aromatic N) is 3. The number of amides is 1. The van der Waals surface area contributed by atoms with Crippen LogP contribution < -0.4 is 15.2 Å². The molecule has 2 aliphatic rings. The van der Waals surface area contributed by atoms with Gasteiger partial charge in [-0.15, -0.1) is 0 Å². The number of carbonyl (C=O) groups excluding carboxylic acids is 1. The van der Waals surface area contributed by atoms with Crippen molar-refractivity contribution in [1.82, 2.24) is 9.58 Å². The summed E-state index contributed by atoms with van der Waals surface area (Å²) < 4.78 is 22.2. The van der Waals surface area contributed by atoms with Gasteiger partial charge < -0.3 is 14.7 Å². The first-order valence-electron chi connectivity index (χ1n) is 11.0. The molecule has 1 aromatic heterocycles. The van der Waals surface area contributed by atoms with Crippen LogP contribution in [0.1, 0.15) is 38.8 Å². The molecule has 0 saturated heterocycles. The van der Waals surface area contributed by atoms with Gasteiger partial charge in [0.2, 0.25) is 5.43 Å². The minimum Gasteiger partial charge on any atom is -0.502 e. The number of hydrogen-bond acceptors (Lipinski definition) is 5. The van der Waals surface area contributed by atoms with E-state index in [4.69, 9.17) is 4.74 Å². The van der Waals surface area contributed by atoms with E-state index in [1.807, 2.05) is 36.2 Å². The SMILES string of the molecule is Cc1ccccc1[C@H]1c2ccc(F)c(C)c2OC/C=C\CN2CN1n1ccc(=O)c(O)c1C2=O. The molecule has 0 saturated carbocycles. The third-order valence-corrected chi connectivity index (χ3v) is 6.40. The highest BCUT2D eigenvalue weighted by atomic mass is 19.1. The third kappa shape index (κ3) is 3.42. The maximum absolute atomic E-state index is 14.6. The summed E-state index contributed by atoms with van der Waals surface area (Å²) in [6, 6.07) is 11.6. The van der Waals surface area contributed by atoms with E-state index in [0.717, 1.165) is 11.1 Å². The molecule has 2 aromatic carbocycles. The molecule has 8 heteroatoms. The van der Waals surface area contributed by atoms with E-state index in [9.17, 15) is 19.1 Å². The van der Waals surface area contributed by atoms with Gasteiger partial charge in [-0.2, -0.15) is 0 Å². The molecule has 0 radical (unpaired) electrons. The molecule has 3 heterocycles. The lowest BCUT2D eigenvalue weighted by molar-refractivity contribution is 0.0701. The number of ether oxygens (including phenoxy) is 1. The van der Waals surface area contributed by atoms with Gasteiger partial charge in [-0.05, 0) is 43.2 Å². The molecule has 0 aliphatic carbocycles. The number of aryl methyl sites for hydroxylation is 1. The summed E-state index contributed by atoms with van der Waals surface area (Å²) in [6.07, 6.45) is 5.04. The number of hydrogen-bond donors (Lipinski definition) is 1. The van der Waals surface area contributed by atoms with Crippen LogP contribution in [0, 0.1) is 19.7 Å². The van der Waals surface area contributed by atoms with Crippen LogP contribution in [0.4, 0.5) is 4.39 Å². The number of fused-ring (bicyclic) bond motifs is 5. The molecule has 174 valence electrons. The Morgan fingerprint density at radius 1 is 1.03 bits per heavy atom. The second-order valence-electron chi connectivity index (χ2n) is 8.46. The number of aromatic hydroxyl groups is 1. The number of pyridine rings is 1. The van der Waals surface area contributed by atoms with Crippen LogP contribution in [0.15, 0.2) is 65.6 Å². The Labute approximate surface area is 195 Å². The summed E-state index contributed by atoms with van der Waals surface area (Å²) in [5.41, 5.74) is 2.27. The highest BCUT2D eigenvalue weighted by Crippen LogP contribution is 2.40. The Kier molecular flexibility index (Phi) is 5.36. The van der Waals surface area contributed by atoms with Gasteiger partial charge in [-0.25, -0.2) is 4.39 Å². The fraction of sp³-hybridized carbons (Fsp3) is 0.231. The van der Waals surface area contributed by atoms with E-state index in [1.165, 1.54) is 23.0 Å². The highest BCUT2D eigenvalue weighted by Gasteiger charge is 2.38. The van der Waals surface area contributed by atoms with Crippen LogP contribution in [-0.4, -0.2) is 40.4 Å². The summed E-state index contributed by atoms with van der Waals surface area (Å²) in [4.78, 5) is 27.1. The number of halogens is 1. The molecular formula is C26H24FN3O4. The van der Waals surface area contributed by atoms with Crippen molar-refractivity contribution in [1.29, 1.82) is 0 Å². The lowest BCUT2D eigenvalue weighted by atomic mass is 9.92. The molecule has 1 atom stereocenters. The fourth-order valence-corrected chi connectivity index (χ4v) is 4.61. The number of benzene rings is 2. The van der Waals surface area contributed by atoms with Crippen LogP contribution in [0.3, 0.4) is 0 Å². The first-order chi connectivity index (χ1) is 16.4. The summed E-state index contributed by atoms with van der Waals surface area (Å²) in [5, 5.41) is 12.5. The molecule has 1 amide bonds. The van der Waals surface area contributed by atoms with Gasteiger partial charge in [-0.3, -0.25) is 19.3 Å². The van der Waals surface area contributed by atoms with Crippen LogP contribution in [0.25, 0.3) is 0 Å². The quantitative estimate of drug-likeness (QED) is 0.563. The molecular weight excluding hydrogens is 437 g/mol. The summed E-state index contributed by atoms with van der Waals surface area (Å²) in [5.74, 6) is -1.000. The Bertz CT molecular complexity index is 1380. The van der Waals surface area contributed by atoms with Gasteiger partial charge in [0.25, 0.3) is 5.91 Å². The van der Waals surface area contributed by atoms with Crippen LogP contribution >= 0.6 is 0 Å². The number of rotatable bonds is 1. The van der Waals surface area contributed by atoms with E-state index in [-0.39, 0.29) is 31.3 Å². The molecule has 3 aromatic rings. The molecule has 0 unspecified atom stereocenters. The third-order valence-electron chi connectivity index (χ3n) is 6.40. The average Bonchev–Trinajstić information content (AvgIpc) is 2.85. The number of carbonyl (C=O) groups is 1. The van der Waals surface area contributed by atoms with Crippen molar-refractivity contribution < 1.29 is 19.0 Å². The standard InChI is InChI=1S/C26H24FN3O4/c1-16-7-3-4-8-18(16)22-19-9-10-20(27)17(2)25(19)34-14-6-5-12-28-15-30(22)29-13-11-21(31)24(32)23(29)26(28)33/h3-11,13,22,32H,12,14-15H2,1-2H3/b6-5-/t22-/m0/s1. The Morgan fingerprint density at radius 2 is 1.82 bits per heavy atom. The van der Waals surface area contributed by atoms with Gasteiger partial charge in [0, 0.05) is 29.9 Å². The molecule has 2 bridgehead atoms. The zero-order valence-corrected chi connectivity index (χ0v) is 18.9. The summed E-state index contributed by atoms with van der Waals surface area (Å²) in [6.45, 7) is 4.29. The Hall–Kier alpha value is -4.07. The zero-order chi connectivity index (χ0) is 24.0.